The molecule has 2 aliphatic rings. The van der Waals surface area contributed by atoms with Gasteiger partial charge < -0.3 is 44.2 Å². The number of nitrogens with zero attached hydrogens (tertiary/aromatic N) is 1. The van der Waals surface area contributed by atoms with Gasteiger partial charge in [-0.2, -0.15) is 0 Å². The van der Waals surface area contributed by atoms with Gasteiger partial charge in [0, 0.05) is 34.6 Å². The van der Waals surface area contributed by atoms with Gasteiger partial charge in [0.25, 0.3) is 5.91 Å². The molecule has 1 aromatic heterocycles. The summed E-state index contributed by atoms with van der Waals surface area (Å²) in [6.45, 7) is -0.557. The summed E-state index contributed by atoms with van der Waals surface area (Å²) in [6, 6.07) is 16.1. The van der Waals surface area contributed by atoms with Crippen LogP contribution in [0.3, 0.4) is 0 Å². The first-order chi connectivity index (χ1) is 22.3. The standard InChI is InChI=1S/C34H33ClN2O9/c1-43-25-5-3-4-20-14-27(45-30(20)25)34(42)37(16-18-6-8-21(35)9-7-18)24-15-23(33(41)36-10-11-38)28-22-12-19(17-39)13-26(44-2)31(22)46-32(28)29(24)40/h3-9,12-15,24,28-29,32,38-40H,10-11,16-17H2,1-2H3,(H,36,41)/t24-,28+,29+,32+/m1/s1. The number of furan rings is 1. The minimum absolute atomic E-state index is 0.00681. The highest BCUT2D eigenvalue weighted by Gasteiger charge is 2.51. The fourth-order valence-corrected chi connectivity index (χ4v) is 6.29. The molecule has 12 heteroatoms. The van der Waals surface area contributed by atoms with Crippen LogP contribution in [0.5, 0.6) is 17.2 Å². The summed E-state index contributed by atoms with van der Waals surface area (Å²) in [5.41, 5.74) is 2.42. The number of hydrogen-bond donors (Lipinski definition) is 4. The SMILES string of the molecule is COc1cc(CO)cc2c1O[C@@H]1[C@@H](O)[C@H](N(Cc3ccc(Cl)cc3)C(=O)c3cc4cccc(OC)c4o3)C=C(C(=O)NCCO)[C@H]21. The number of nitrogens with one attached hydrogen (secondary N) is 1. The van der Waals surface area contributed by atoms with Crippen molar-refractivity contribution in [3.05, 3.63) is 99.8 Å². The number of para-hydroxylation sites is 1. The van der Waals surface area contributed by atoms with E-state index in [-0.39, 0.29) is 37.6 Å². The molecular weight excluding hydrogens is 616 g/mol. The summed E-state index contributed by atoms with van der Waals surface area (Å²) in [6.07, 6.45) is -0.755. The van der Waals surface area contributed by atoms with Crippen LogP contribution in [-0.4, -0.2) is 77.7 Å². The van der Waals surface area contributed by atoms with Crippen LogP contribution in [0.4, 0.5) is 0 Å². The second-order valence-corrected chi connectivity index (χ2v) is 11.5. The van der Waals surface area contributed by atoms with E-state index in [0.717, 1.165) is 0 Å². The average Bonchev–Trinajstić information content (AvgIpc) is 3.69. The average molecular weight is 649 g/mol. The Morgan fingerprint density at radius 3 is 2.46 bits per heavy atom. The van der Waals surface area contributed by atoms with Gasteiger partial charge in [-0.3, -0.25) is 9.59 Å². The second-order valence-electron chi connectivity index (χ2n) is 11.1. The highest BCUT2D eigenvalue weighted by atomic mass is 35.5. The third-order valence-electron chi connectivity index (χ3n) is 8.32. The van der Waals surface area contributed by atoms with Crippen molar-refractivity contribution in [1.29, 1.82) is 0 Å². The van der Waals surface area contributed by atoms with E-state index in [0.29, 0.717) is 49.9 Å². The lowest BCUT2D eigenvalue weighted by Crippen LogP contribution is -2.55. The lowest BCUT2D eigenvalue weighted by molar-refractivity contribution is -0.118. The number of methoxy groups -OCH3 is 2. The van der Waals surface area contributed by atoms with E-state index in [2.05, 4.69) is 5.32 Å². The zero-order valence-electron chi connectivity index (χ0n) is 25.1. The van der Waals surface area contributed by atoms with Crippen LogP contribution >= 0.6 is 11.6 Å². The molecule has 11 nitrogen and oxygen atoms in total. The predicted molar refractivity (Wildman–Crippen MR) is 168 cm³/mol. The molecule has 2 heterocycles. The minimum atomic E-state index is -1.32. The van der Waals surface area contributed by atoms with Gasteiger partial charge in [0.2, 0.25) is 5.91 Å². The Kier molecular flexibility index (Phi) is 8.92. The van der Waals surface area contributed by atoms with Gasteiger partial charge in [0.05, 0.1) is 39.4 Å². The molecule has 0 fully saturated rings. The number of hydrogen-bond acceptors (Lipinski definition) is 9. The van der Waals surface area contributed by atoms with Gasteiger partial charge in [-0.25, -0.2) is 0 Å². The highest BCUT2D eigenvalue weighted by molar-refractivity contribution is 6.30. The maximum absolute atomic E-state index is 14.4. The maximum Gasteiger partial charge on any atom is 0.290 e. The van der Waals surface area contributed by atoms with Crippen LogP contribution in [0.2, 0.25) is 5.02 Å². The first-order valence-corrected chi connectivity index (χ1v) is 15.0. The normalized spacial score (nSPS) is 19.9. The van der Waals surface area contributed by atoms with Crippen molar-refractivity contribution < 1.29 is 43.5 Å². The zero-order chi connectivity index (χ0) is 32.5. The second kappa shape index (κ2) is 13.1. The largest absolute Gasteiger partial charge is 0.493 e. The first kappa shape index (κ1) is 31.4. The van der Waals surface area contributed by atoms with Crippen LogP contribution in [0.1, 0.15) is 33.2 Å². The number of aliphatic hydroxyl groups excluding tert-OH is 3. The van der Waals surface area contributed by atoms with Gasteiger partial charge >= 0.3 is 0 Å². The number of fused-ring (bicyclic) bond motifs is 4. The summed E-state index contributed by atoms with van der Waals surface area (Å²) >= 11 is 6.14. The molecule has 0 saturated carbocycles. The van der Waals surface area contributed by atoms with Crippen LogP contribution in [0.15, 0.2) is 76.7 Å². The molecule has 0 spiro atoms. The fourth-order valence-electron chi connectivity index (χ4n) is 6.16. The molecule has 0 unspecified atom stereocenters. The van der Waals surface area contributed by atoms with Gasteiger partial charge in [-0.1, -0.05) is 35.9 Å². The molecule has 4 aromatic rings. The molecule has 6 rings (SSSR count). The number of ether oxygens (including phenoxy) is 3. The number of aliphatic hydroxyl groups is 3. The lowest BCUT2D eigenvalue weighted by atomic mass is 9.77. The predicted octanol–water partition coefficient (Wildman–Crippen LogP) is 3.56. The van der Waals surface area contributed by atoms with E-state index in [1.54, 1.807) is 66.7 Å². The summed E-state index contributed by atoms with van der Waals surface area (Å²) < 4.78 is 23.3. The van der Waals surface area contributed by atoms with Crippen LogP contribution < -0.4 is 19.5 Å². The molecule has 1 aliphatic heterocycles. The minimum Gasteiger partial charge on any atom is -0.493 e. The van der Waals surface area contributed by atoms with Crippen molar-refractivity contribution >= 4 is 34.4 Å². The molecule has 4 N–H and O–H groups in total. The number of amides is 2. The monoisotopic (exact) mass is 648 g/mol. The lowest BCUT2D eigenvalue weighted by Gasteiger charge is -2.40. The fraction of sp³-hybridized carbons (Fsp3) is 0.294. The molecule has 1 aliphatic carbocycles. The van der Waals surface area contributed by atoms with E-state index in [4.69, 9.17) is 30.2 Å². The molecule has 0 bridgehead atoms. The summed E-state index contributed by atoms with van der Waals surface area (Å²) in [7, 11) is 2.97. The third-order valence-corrected chi connectivity index (χ3v) is 8.57. The Morgan fingerprint density at radius 1 is 1.00 bits per heavy atom. The van der Waals surface area contributed by atoms with Crippen LogP contribution in [0, 0.1) is 0 Å². The van der Waals surface area contributed by atoms with E-state index >= 15 is 0 Å². The zero-order valence-corrected chi connectivity index (χ0v) is 25.9. The van der Waals surface area contributed by atoms with Gasteiger partial charge in [-0.05, 0) is 53.6 Å². The topological polar surface area (TPSA) is 151 Å². The van der Waals surface area contributed by atoms with Crippen molar-refractivity contribution in [1.82, 2.24) is 10.2 Å². The van der Waals surface area contributed by atoms with Crippen molar-refractivity contribution in [3.8, 4) is 17.2 Å². The van der Waals surface area contributed by atoms with Gasteiger partial charge in [0.15, 0.2) is 28.6 Å². The smallest absolute Gasteiger partial charge is 0.290 e. The molecule has 3 aromatic carbocycles. The Morgan fingerprint density at radius 2 is 1.76 bits per heavy atom. The summed E-state index contributed by atoms with van der Waals surface area (Å²) in [4.78, 5) is 29.5. The van der Waals surface area contributed by atoms with Crippen LogP contribution in [-0.2, 0) is 17.9 Å². The highest BCUT2D eigenvalue weighted by Crippen LogP contribution is 2.51. The Labute approximate surface area is 269 Å². The number of carbonyl (C=O) groups is 2. The number of carbonyl (C=O) groups excluding carboxylic acids is 2. The number of benzene rings is 3. The number of halogens is 1. The molecule has 46 heavy (non-hydrogen) atoms. The molecular formula is C34H33ClN2O9. The van der Waals surface area contributed by atoms with E-state index in [9.17, 15) is 24.9 Å². The Bertz CT molecular complexity index is 1800. The Hall–Kier alpha value is -4.55. The van der Waals surface area contributed by atoms with Crippen molar-refractivity contribution in [2.45, 2.75) is 37.3 Å². The summed E-state index contributed by atoms with van der Waals surface area (Å²) in [5.74, 6) is -0.681. The van der Waals surface area contributed by atoms with Crippen molar-refractivity contribution in [2.75, 3.05) is 27.4 Å². The molecule has 4 atom stereocenters. The molecule has 2 amide bonds. The van der Waals surface area contributed by atoms with Gasteiger partial charge in [0.1, 0.15) is 12.2 Å². The van der Waals surface area contributed by atoms with Crippen molar-refractivity contribution in [3.63, 3.8) is 0 Å². The van der Waals surface area contributed by atoms with Crippen LogP contribution in [0.25, 0.3) is 11.0 Å². The van der Waals surface area contributed by atoms with E-state index in [1.807, 2.05) is 0 Å². The third kappa shape index (κ3) is 5.67. The quantitative estimate of drug-likeness (QED) is 0.202. The van der Waals surface area contributed by atoms with Gasteiger partial charge in [-0.15, -0.1) is 0 Å². The maximum atomic E-state index is 14.4. The molecule has 240 valence electrons. The Balaban J connectivity index is 1.48. The molecule has 0 saturated heterocycles. The summed E-state index contributed by atoms with van der Waals surface area (Å²) in [5, 5.41) is 35.2. The number of rotatable bonds is 10. The van der Waals surface area contributed by atoms with E-state index < -0.39 is 36.0 Å². The first-order valence-electron chi connectivity index (χ1n) is 14.7. The molecule has 0 radical (unpaired) electrons. The van der Waals surface area contributed by atoms with Crippen molar-refractivity contribution in [2.24, 2.45) is 0 Å². The van der Waals surface area contributed by atoms with E-state index in [1.165, 1.54) is 19.1 Å².